The van der Waals surface area contributed by atoms with Gasteiger partial charge in [-0.15, -0.1) is 0 Å². The fourth-order valence-corrected chi connectivity index (χ4v) is 0. The smallest absolute Gasteiger partial charge is 0 e. The quantitative estimate of drug-likeness (QED) is 0.495. The molecule has 0 aliphatic rings. The zero-order chi connectivity index (χ0) is 0. The third kappa shape index (κ3) is 8.85. The fraction of sp³-hybridized carbons (Fsp3) is 0. The van der Waals surface area contributed by atoms with E-state index in [0.717, 1.165) is 0 Å². The van der Waals surface area contributed by atoms with Gasteiger partial charge >= 0.3 is 0 Å². The van der Waals surface area contributed by atoms with Crippen LogP contribution in [-0.4, -0.2) is 60.7 Å². The first-order chi connectivity index (χ1) is 0. The molecule has 0 heterocycles. The Morgan fingerprint density at radius 2 is 1.00 bits per heavy atom. The summed E-state index contributed by atoms with van der Waals surface area (Å²) in [6.07, 6.45) is 0. The Labute approximate surface area is 73.4 Å². The van der Waals surface area contributed by atoms with Crippen molar-refractivity contribution in [1.29, 1.82) is 0 Å². The number of rotatable bonds is 0. The van der Waals surface area contributed by atoms with Gasteiger partial charge in [-0.05, 0) is 0 Å². The molecular weight excluding hydrogens is 233 g/mol. The van der Waals surface area contributed by atoms with Crippen LogP contribution in [0.15, 0.2) is 0 Å². The van der Waals surface area contributed by atoms with Crippen molar-refractivity contribution in [2.75, 3.05) is 0 Å². The van der Waals surface area contributed by atoms with E-state index in [1.807, 2.05) is 0 Å². The standard InChI is InChI=1S/As.Li.S.Sn. The average molecular weight is 233 g/mol. The molecule has 0 rings (SSSR count). The average Bonchev–Trinajstić information content (AvgIpc) is 0. The molecule has 0 fully saturated rings. The molecule has 4 heavy (non-hydrogen) atoms. The summed E-state index contributed by atoms with van der Waals surface area (Å²) in [6, 6.07) is 0. The first-order valence-electron chi connectivity index (χ1n) is 0. The Balaban J connectivity index is 0. The summed E-state index contributed by atoms with van der Waals surface area (Å²) in [7, 11) is 0. The predicted octanol–water partition coefficient (Wildman–Crippen LogP) is -0.494. The van der Waals surface area contributed by atoms with E-state index < -0.39 is 0 Å². The van der Waals surface area contributed by atoms with E-state index in [-0.39, 0.29) is 74.2 Å². The summed E-state index contributed by atoms with van der Waals surface area (Å²) in [6.45, 7) is 0. The summed E-state index contributed by atoms with van der Waals surface area (Å²) in [5.41, 5.74) is 0. The SMILES string of the molecule is [As].[Li].[S].[Sn]. The summed E-state index contributed by atoms with van der Waals surface area (Å²) < 4.78 is 0. The fourth-order valence-electron chi connectivity index (χ4n) is 0. The molecule has 0 unspecified atom stereocenters. The molecule has 0 aromatic heterocycles. The van der Waals surface area contributed by atoms with Crippen LogP contribution in [0.4, 0.5) is 0 Å². The van der Waals surface area contributed by atoms with Crippen molar-refractivity contribution in [3.63, 3.8) is 0 Å². The Bertz CT molecular complexity index is 8.00. The van der Waals surface area contributed by atoms with Gasteiger partial charge in [0.15, 0.2) is 0 Å². The van der Waals surface area contributed by atoms with Gasteiger partial charge in [0.05, 0.1) is 0 Å². The first-order valence-corrected chi connectivity index (χ1v) is 0. The molecule has 0 saturated heterocycles. The normalized spacial score (nSPS) is 0. The minimum atomic E-state index is 0. The van der Waals surface area contributed by atoms with Crippen LogP contribution >= 0.6 is 13.5 Å². The van der Waals surface area contributed by atoms with Gasteiger partial charge in [-0.3, -0.25) is 0 Å². The van der Waals surface area contributed by atoms with E-state index in [1.54, 1.807) is 0 Å². The summed E-state index contributed by atoms with van der Waals surface area (Å²) in [5, 5.41) is 0. The summed E-state index contributed by atoms with van der Waals surface area (Å²) in [4.78, 5) is 0. The molecule has 0 amide bonds. The Morgan fingerprint density at radius 1 is 1.00 bits per heavy atom. The third-order valence-corrected chi connectivity index (χ3v) is 0. The molecule has 0 saturated carbocycles. The zero-order valence-corrected chi connectivity index (χ0v) is 7.90. The predicted molar refractivity (Wildman–Crippen MR) is 24.9 cm³/mol. The molecule has 4 heteroatoms. The van der Waals surface area contributed by atoms with E-state index >= 15 is 0 Å². The van der Waals surface area contributed by atoms with E-state index in [4.69, 9.17) is 0 Å². The van der Waals surface area contributed by atoms with Gasteiger partial charge in [-0.1, -0.05) is 0 Å². The molecular formula is AsLiSSn. The van der Waals surface area contributed by atoms with Crippen LogP contribution in [-0.2, 0) is 0 Å². The van der Waals surface area contributed by atoms with E-state index in [1.165, 1.54) is 0 Å². The molecule has 0 bridgehead atoms. The van der Waals surface area contributed by atoms with Crippen molar-refractivity contribution in [2.24, 2.45) is 0 Å². The van der Waals surface area contributed by atoms with Crippen molar-refractivity contribution in [3.05, 3.63) is 0 Å². The molecule has 10 radical (unpaired) electrons. The van der Waals surface area contributed by atoms with E-state index in [0.29, 0.717) is 0 Å². The monoisotopic (exact) mass is 234 g/mol. The minimum absolute atomic E-state index is 0. The second-order valence-electron chi connectivity index (χ2n) is 0. The van der Waals surface area contributed by atoms with Gasteiger partial charge in [0.25, 0.3) is 0 Å². The van der Waals surface area contributed by atoms with Crippen molar-refractivity contribution in [2.45, 2.75) is 0 Å². The summed E-state index contributed by atoms with van der Waals surface area (Å²) >= 11 is 0. The van der Waals surface area contributed by atoms with Crippen LogP contribution in [0, 0.1) is 0 Å². The van der Waals surface area contributed by atoms with Gasteiger partial charge in [-0.2, -0.15) is 0 Å². The van der Waals surface area contributed by atoms with Crippen LogP contribution < -0.4 is 0 Å². The molecule has 0 spiro atoms. The van der Waals surface area contributed by atoms with Crippen LogP contribution in [0.2, 0.25) is 0 Å². The molecule has 0 atom stereocenters. The molecule has 0 aliphatic heterocycles. The van der Waals surface area contributed by atoms with Gasteiger partial charge < -0.3 is 0 Å². The number of hydrogen-bond acceptors (Lipinski definition) is 0. The molecule has 0 aromatic carbocycles. The van der Waals surface area contributed by atoms with Crippen molar-refractivity contribution in [3.8, 4) is 0 Å². The molecule has 0 nitrogen and oxygen atoms in total. The van der Waals surface area contributed by atoms with Gasteiger partial charge in [0.1, 0.15) is 0 Å². The topological polar surface area (TPSA) is 0 Å². The number of hydrogen-bond donors (Lipinski definition) is 0. The largest absolute Gasteiger partial charge is 0 e. The van der Waals surface area contributed by atoms with Crippen LogP contribution in [0.3, 0.4) is 0 Å². The van der Waals surface area contributed by atoms with Crippen LogP contribution in [0.25, 0.3) is 0 Å². The first kappa shape index (κ1) is 33.4. The second kappa shape index (κ2) is 18.5. The van der Waals surface area contributed by atoms with Gasteiger partial charge in [-0.25, -0.2) is 0 Å². The second-order valence-corrected chi connectivity index (χ2v) is 0. The maximum Gasteiger partial charge on any atom is 0 e. The van der Waals surface area contributed by atoms with Gasteiger partial charge in [0.2, 0.25) is 0 Å². The third-order valence-electron chi connectivity index (χ3n) is 0. The van der Waals surface area contributed by atoms with Gasteiger partial charge in [0, 0.05) is 74.2 Å². The van der Waals surface area contributed by atoms with Crippen molar-refractivity contribution in [1.82, 2.24) is 0 Å². The minimum Gasteiger partial charge on any atom is 0 e. The van der Waals surface area contributed by atoms with Crippen molar-refractivity contribution < 1.29 is 0 Å². The van der Waals surface area contributed by atoms with Crippen LogP contribution in [0.5, 0.6) is 0 Å². The zero-order valence-electron chi connectivity index (χ0n) is 2.36. The van der Waals surface area contributed by atoms with E-state index in [2.05, 4.69) is 0 Å². The van der Waals surface area contributed by atoms with E-state index in [9.17, 15) is 0 Å². The van der Waals surface area contributed by atoms with Crippen LogP contribution in [0.1, 0.15) is 0 Å². The Hall–Kier alpha value is 2.30. The molecule has 0 aliphatic carbocycles. The maximum absolute atomic E-state index is 0. The van der Waals surface area contributed by atoms with Crippen molar-refractivity contribution >= 4 is 74.2 Å². The Kier molecular flexibility index (Phi) is 155. The molecule has 16 valence electrons. The Morgan fingerprint density at radius 3 is 1.00 bits per heavy atom. The maximum atomic E-state index is 0. The summed E-state index contributed by atoms with van der Waals surface area (Å²) in [5.74, 6) is 0. The molecule has 0 aromatic rings. The molecule has 0 N–H and O–H groups in total.